The molecule has 2 aromatic carbocycles. The van der Waals surface area contributed by atoms with Crippen LogP contribution in [-0.2, 0) is 11.2 Å². The molecule has 130 valence electrons. The van der Waals surface area contributed by atoms with Gasteiger partial charge in [0.2, 0.25) is 5.91 Å². The van der Waals surface area contributed by atoms with Crippen molar-refractivity contribution in [2.75, 3.05) is 49.1 Å². The summed E-state index contributed by atoms with van der Waals surface area (Å²) in [6.07, 6.45) is 1.51. The normalized spacial score (nSPS) is 18.3. The van der Waals surface area contributed by atoms with Crippen molar-refractivity contribution in [1.82, 2.24) is 4.90 Å². The van der Waals surface area contributed by atoms with Crippen molar-refractivity contribution < 1.29 is 4.79 Å². The first-order valence-corrected chi connectivity index (χ1v) is 9.22. The monoisotopic (exact) mass is 335 g/mol. The second-order valence-electron chi connectivity index (χ2n) is 6.84. The number of hydrogen-bond donors (Lipinski definition) is 0. The van der Waals surface area contributed by atoms with E-state index in [9.17, 15) is 4.79 Å². The molecule has 25 heavy (non-hydrogen) atoms. The van der Waals surface area contributed by atoms with Gasteiger partial charge in [-0.2, -0.15) is 0 Å². The first kappa shape index (κ1) is 16.2. The second kappa shape index (κ2) is 7.28. The number of rotatable bonds is 4. The summed E-state index contributed by atoms with van der Waals surface area (Å²) in [4.78, 5) is 19.3. The molecule has 0 bridgehead atoms. The molecule has 0 aromatic heterocycles. The number of para-hydroxylation sites is 2. The van der Waals surface area contributed by atoms with Crippen LogP contribution in [0.4, 0.5) is 11.4 Å². The maximum atomic E-state index is 12.4. The van der Waals surface area contributed by atoms with Gasteiger partial charge >= 0.3 is 0 Å². The third-order valence-corrected chi connectivity index (χ3v) is 5.33. The highest BCUT2D eigenvalue weighted by atomic mass is 16.2. The Hall–Kier alpha value is -2.33. The van der Waals surface area contributed by atoms with Gasteiger partial charge in [-0.15, -0.1) is 0 Å². The van der Waals surface area contributed by atoms with Crippen LogP contribution in [-0.4, -0.2) is 50.1 Å². The molecule has 2 aliphatic rings. The van der Waals surface area contributed by atoms with Crippen LogP contribution in [0, 0.1) is 0 Å². The Kier molecular flexibility index (Phi) is 4.70. The van der Waals surface area contributed by atoms with Gasteiger partial charge in [-0.05, 0) is 30.2 Å². The van der Waals surface area contributed by atoms with Gasteiger partial charge in [0.15, 0.2) is 0 Å². The molecule has 1 amide bonds. The van der Waals surface area contributed by atoms with Crippen LogP contribution in [0.25, 0.3) is 0 Å². The topological polar surface area (TPSA) is 26.8 Å². The predicted molar refractivity (Wildman–Crippen MR) is 102 cm³/mol. The molecule has 4 nitrogen and oxygen atoms in total. The molecule has 1 fully saturated rings. The number of aryl methyl sites for hydroxylation is 1. The van der Waals surface area contributed by atoms with Crippen LogP contribution < -0.4 is 9.80 Å². The number of piperazine rings is 1. The summed E-state index contributed by atoms with van der Waals surface area (Å²) in [7, 11) is 0. The quantitative estimate of drug-likeness (QED) is 0.860. The Labute approximate surface area is 149 Å². The van der Waals surface area contributed by atoms with Crippen molar-refractivity contribution in [2.24, 2.45) is 0 Å². The Morgan fingerprint density at radius 3 is 2.28 bits per heavy atom. The van der Waals surface area contributed by atoms with Crippen molar-refractivity contribution in [3.8, 4) is 0 Å². The van der Waals surface area contributed by atoms with Crippen LogP contribution in [0.3, 0.4) is 0 Å². The van der Waals surface area contributed by atoms with Crippen molar-refractivity contribution in [3.63, 3.8) is 0 Å². The molecule has 4 heteroatoms. The van der Waals surface area contributed by atoms with Gasteiger partial charge in [-0.25, -0.2) is 0 Å². The molecule has 0 N–H and O–H groups in total. The van der Waals surface area contributed by atoms with E-state index >= 15 is 0 Å². The Balaban J connectivity index is 1.33. The number of carbonyl (C=O) groups excluding carboxylic acids is 1. The van der Waals surface area contributed by atoms with Gasteiger partial charge in [0, 0.05) is 57.1 Å². The van der Waals surface area contributed by atoms with E-state index < -0.39 is 0 Å². The highest BCUT2D eigenvalue weighted by Crippen LogP contribution is 2.27. The minimum absolute atomic E-state index is 0.265. The van der Waals surface area contributed by atoms with Crippen LogP contribution in [0.1, 0.15) is 12.0 Å². The first-order valence-electron chi connectivity index (χ1n) is 9.22. The fourth-order valence-corrected chi connectivity index (χ4v) is 3.85. The third kappa shape index (κ3) is 3.54. The molecule has 2 heterocycles. The highest BCUT2D eigenvalue weighted by Gasteiger charge is 2.25. The maximum absolute atomic E-state index is 12.4. The van der Waals surface area contributed by atoms with Crippen molar-refractivity contribution in [1.29, 1.82) is 0 Å². The zero-order chi connectivity index (χ0) is 17.1. The van der Waals surface area contributed by atoms with E-state index in [-0.39, 0.29) is 5.91 Å². The van der Waals surface area contributed by atoms with Gasteiger partial charge in [0.05, 0.1) is 0 Å². The van der Waals surface area contributed by atoms with E-state index in [0.717, 1.165) is 51.4 Å². The van der Waals surface area contributed by atoms with E-state index in [4.69, 9.17) is 0 Å². The molecule has 0 atom stereocenters. The predicted octanol–water partition coefficient (Wildman–Crippen LogP) is 2.79. The van der Waals surface area contributed by atoms with E-state index in [0.29, 0.717) is 6.42 Å². The molecule has 0 saturated carbocycles. The van der Waals surface area contributed by atoms with E-state index in [2.05, 4.69) is 58.3 Å². The van der Waals surface area contributed by atoms with Crippen LogP contribution in [0.5, 0.6) is 0 Å². The molecule has 0 radical (unpaired) electrons. The van der Waals surface area contributed by atoms with Gasteiger partial charge in [-0.1, -0.05) is 36.4 Å². The van der Waals surface area contributed by atoms with Crippen LogP contribution in [0.15, 0.2) is 54.6 Å². The zero-order valence-corrected chi connectivity index (χ0v) is 14.6. The summed E-state index contributed by atoms with van der Waals surface area (Å²) in [6.45, 7) is 5.95. The number of nitrogens with zero attached hydrogens (tertiary/aromatic N) is 3. The number of fused-ring (bicyclic) bond motifs is 1. The van der Waals surface area contributed by atoms with Gasteiger partial charge < -0.3 is 9.80 Å². The van der Waals surface area contributed by atoms with Crippen molar-refractivity contribution in [3.05, 3.63) is 60.2 Å². The lowest BCUT2D eigenvalue weighted by molar-refractivity contribution is -0.118. The van der Waals surface area contributed by atoms with E-state index in [1.165, 1.54) is 11.3 Å². The number of hydrogen-bond acceptors (Lipinski definition) is 3. The van der Waals surface area contributed by atoms with Gasteiger partial charge in [-0.3, -0.25) is 9.69 Å². The third-order valence-electron chi connectivity index (χ3n) is 5.33. The molecular formula is C21H25N3O. The molecule has 0 aliphatic carbocycles. The lowest BCUT2D eigenvalue weighted by Gasteiger charge is -2.37. The second-order valence-corrected chi connectivity index (χ2v) is 6.84. The van der Waals surface area contributed by atoms with Gasteiger partial charge in [0.1, 0.15) is 0 Å². The SMILES string of the molecule is O=C1CCc2ccccc2N1CCN1CCN(c2ccccc2)CC1. The van der Waals surface area contributed by atoms with E-state index in [1.807, 2.05) is 11.0 Å². The van der Waals surface area contributed by atoms with E-state index in [1.54, 1.807) is 0 Å². The molecule has 2 aliphatic heterocycles. The standard InChI is InChI=1S/C21H25N3O/c25-21-11-10-18-6-4-5-9-20(18)24(21)17-14-22-12-15-23(16-13-22)19-7-2-1-3-8-19/h1-9H,10-17H2. The lowest BCUT2D eigenvalue weighted by atomic mass is 10.0. The Morgan fingerprint density at radius 1 is 0.760 bits per heavy atom. The number of carbonyl (C=O) groups is 1. The minimum Gasteiger partial charge on any atom is -0.369 e. The molecule has 2 aromatic rings. The average molecular weight is 335 g/mol. The number of anilines is 2. The molecule has 1 saturated heterocycles. The summed E-state index contributed by atoms with van der Waals surface area (Å²) in [5, 5.41) is 0. The Morgan fingerprint density at radius 2 is 1.48 bits per heavy atom. The number of benzene rings is 2. The maximum Gasteiger partial charge on any atom is 0.227 e. The largest absolute Gasteiger partial charge is 0.369 e. The highest BCUT2D eigenvalue weighted by molar-refractivity contribution is 5.96. The fourth-order valence-electron chi connectivity index (χ4n) is 3.85. The molecule has 0 spiro atoms. The lowest BCUT2D eigenvalue weighted by Crippen LogP contribution is -2.49. The molecule has 0 unspecified atom stereocenters. The average Bonchev–Trinajstić information content (AvgIpc) is 2.68. The van der Waals surface area contributed by atoms with Crippen LogP contribution in [0.2, 0.25) is 0 Å². The molecule has 4 rings (SSSR count). The van der Waals surface area contributed by atoms with Gasteiger partial charge in [0.25, 0.3) is 0 Å². The summed E-state index contributed by atoms with van der Waals surface area (Å²) in [5.74, 6) is 0.265. The summed E-state index contributed by atoms with van der Waals surface area (Å²) in [6, 6.07) is 18.9. The van der Waals surface area contributed by atoms with Crippen molar-refractivity contribution in [2.45, 2.75) is 12.8 Å². The summed E-state index contributed by atoms with van der Waals surface area (Å²) < 4.78 is 0. The van der Waals surface area contributed by atoms with Crippen molar-refractivity contribution >= 4 is 17.3 Å². The first-order chi connectivity index (χ1) is 12.3. The minimum atomic E-state index is 0.265. The summed E-state index contributed by atoms with van der Waals surface area (Å²) >= 11 is 0. The Bertz CT molecular complexity index is 723. The zero-order valence-electron chi connectivity index (χ0n) is 14.6. The fraction of sp³-hybridized carbons (Fsp3) is 0.381. The summed E-state index contributed by atoms with van der Waals surface area (Å²) in [5.41, 5.74) is 3.72. The smallest absolute Gasteiger partial charge is 0.227 e. The molecular weight excluding hydrogens is 310 g/mol. The van der Waals surface area contributed by atoms with Crippen LogP contribution >= 0.6 is 0 Å². The number of amides is 1.